The molecule has 0 heterocycles. The molecule has 4 N–H and O–H groups in total. The smallest absolute Gasteiger partial charge is 0.338 e. The van der Waals surface area contributed by atoms with Crippen LogP contribution in [0, 0.1) is 0 Å². The summed E-state index contributed by atoms with van der Waals surface area (Å²) in [5.41, 5.74) is 12.9. The Bertz CT molecular complexity index is 1240. The van der Waals surface area contributed by atoms with Crippen molar-refractivity contribution in [3.05, 3.63) is 72.3 Å². The highest BCUT2D eigenvalue weighted by Crippen LogP contribution is 2.31. The number of anilines is 2. The molecule has 0 saturated carbocycles. The quantitative estimate of drug-likeness (QED) is 0.155. The lowest BCUT2D eigenvalue weighted by molar-refractivity contribution is -0.890. The first-order valence-corrected chi connectivity index (χ1v) is 13.1. The number of carbonyl (C=O) groups is 1. The Morgan fingerprint density at radius 2 is 1.30 bits per heavy atom. The number of esters is 1. The summed E-state index contributed by atoms with van der Waals surface area (Å²) in [5.74, 6) is 0.771. The SMILES string of the molecule is C[N+](C)(CCCS(=O)(=O)[O-])CCOC(=O)c1cc(Oc2ccc(N)cc2)cc(Oc2ccc(N)cc2)c1. The Labute approximate surface area is 216 Å². The standard InChI is InChI=1S/C26H31N3O7S/c1-29(2,12-3-15-37(31,32)33)13-14-34-26(30)19-16-24(35-22-8-4-20(27)5-9-22)18-25(17-19)36-23-10-6-21(28)7-11-23/h4-11,16-18H,3,12-15,27-28H2,1-2H3. The summed E-state index contributed by atoms with van der Waals surface area (Å²) in [6.07, 6.45) is 0.225. The molecule has 3 aromatic rings. The van der Waals surface area contributed by atoms with Crippen molar-refractivity contribution in [2.75, 3.05) is 51.0 Å². The summed E-state index contributed by atoms with van der Waals surface area (Å²) >= 11 is 0. The van der Waals surface area contributed by atoms with Gasteiger partial charge in [0.15, 0.2) is 0 Å². The molecule has 0 aliphatic heterocycles. The topological polar surface area (TPSA) is 154 Å². The fraction of sp³-hybridized carbons (Fsp3) is 0.269. The fourth-order valence-corrected chi connectivity index (χ4v) is 3.88. The first-order chi connectivity index (χ1) is 17.4. The van der Waals surface area contributed by atoms with Crippen LogP contribution in [0.2, 0.25) is 0 Å². The second-order valence-corrected chi connectivity index (χ2v) is 10.7. The first kappa shape index (κ1) is 27.8. The average Bonchev–Trinajstić information content (AvgIpc) is 2.81. The monoisotopic (exact) mass is 529 g/mol. The molecule has 0 fully saturated rings. The highest BCUT2D eigenvalue weighted by atomic mass is 32.2. The summed E-state index contributed by atoms with van der Waals surface area (Å²) < 4.78 is 50.2. The molecule has 0 radical (unpaired) electrons. The minimum Gasteiger partial charge on any atom is -0.748 e. The molecule has 0 bridgehead atoms. The van der Waals surface area contributed by atoms with Gasteiger partial charge in [-0.3, -0.25) is 0 Å². The Morgan fingerprint density at radius 3 is 1.76 bits per heavy atom. The van der Waals surface area contributed by atoms with Gasteiger partial charge in [0.1, 0.15) is 36.1 Å². The highest BCUT2D eigenvalue weighted by molar-refractivity contribution is 7.85. The molecule has 0 aromatic heterocycles. The van der Waals surface area contributed by atoms with Crippen LogP contribution in [0.5, 0.6) is 23.0 Å². The number of carbonyl (C=O) groups excluding carboxylic acids is 1. The molecule has 3 rings (SSSR count). The number of nitrogens with two attached hydrogens (primary N) is 2. The second kappa shape index (κ2) is 12.0. The zero-order valence-electron chi connectivity index (χ0n) is 20.8. The van der Waals surface area contributed by atoms with Crippen molar-refractivity contribution >= 4 is 27.5 Å². The van der Waals surface area contributed by atoms with Gasteiger partial charge in [-0.1, -0.05) is 0 Å². The lowest BCUT2D eigenvalue weighted by Crippen LogP contribution is -2.43. The van der Waals surface area contributed by atoms with E-state index in [2.05, 4.69) is 0 Å². The van der Waals surface area contributed by atoms with Crippen LogP contribution in [0.4, 0.5) is 11.4 Å². The minimum atomic E-state index is -4.26. The largest absolute Gasteiger partial charge is 0.748 e. The molecular formula is C26H31N3O7S. The lowest BCUT2D eigenvalue weighted by atomic mass is 10.2. The van der Waals surface area contributed by atoms with Crippen molar-refractivity contribution in [1.29, 1.82) is 0 Å². The highest BCUT2D eigenvalue weighted by Gasteiger charge is 2.18. The molecule has 11 heteroatoms. The Morgan fingerprint density at radius 1 is 0.811 bits per heavy atom. The normalized spacial score (nSPS) is 11.6. The summed E-state index contributed by atoms with van der Waals surface area (Å²) in [5, 5.41) is 0. The van der Waals surface area contributed by atoms with Crippen LogP contribution in [0.3, 0.4) is 0 Å². The van der Waals surface area contributed by atoms with E-state index in [1.165, 1.54) is 0 Å². The third-order valence-electron chi connectivity index (χ3n) is 5.43. The Kier molecular flexibility index (Phi) is 8.98. The average molecular weight is 530 g/mol. The van der Waals surface area contributed by atoms with Crippen LogP contribution < -0.4 is 20.9 Å². The predicted octanol–water partition coefficient (Wildman–Crippen LogP) is 3.60. The maximum atomic E-state index is 12.9. The van der Waals surface area contributed by atoms with E-state index in [1.807, 2.05) is 14.1 Å². The van der Waals surface area contributed by atoms with Crippen molar-refractivity contribution in [3.8, 4) is 23.0 Å². The van der Waals surface area contributed by atoms with Crippen LogP contribution >= 0.6 is 0 Å². The molecule has 3 aromatic carbocycles. The van der Waals surface area contributed by atoms with Crippen LogP contribution in [-0.4, -0.2) is 63.0 Å². The van der Waals surface area contributed by atoms with Gasteiger partial charge in [-0.15, -0.1) is 0 Å². The van der Waals surface area contributed by atoms with Crippen molar-refractivity contribution < 1.29 is 36.5 Å². The first-order valence-electron chi connectivity index (χ1n) is 11.5. The predicted molar refractivity (Wildman–Crippen MR) is 140 cm³/mol. The summed E-state index contributed by atoms with van der Waals surface area (Å²) in [4.78, 5) is 12.9. The zero-order chi connectivity index (χ0) is 27.1. The fourth-order valence-electron chi connectivity index (χ4n) is 3.40. The zero-order valence-corrected chi connectivity index (χ0v) is 21.6. The molecule has 37 heavy (non-hydrogen) atoms. The molecule has 0 spiro atoms. The van der Waals surface area contributed by atoms with Gasteiger partial charge in [-0.2, -0.15) is 0 Å². The molecule has 198 valence electrons. The third-order valence-corrected chi connectivity index (χ3v) is 6.22. The van der Waals surface area contributed by atoms with E-state index in [9.17, 15) is 17.8 Å². The Hall–Kier alpha value is -3.80. The van der Waals surface area contributed by atoms with E-state index in [4.69, 9.17) is 25.7 Å². The van der Waals surface area contributed by atoms with Crippen molar-refractivity contribution in [1.82, 2.24) is 0 Å². The van der Waals surface area contributed by atoms with E-state index in [-0.39, 0.29) is 18.6 Å². The van der Waals surface area contributed by atoms with Crippen LogP contribution in [0.25, 0.3) is 0 Å². The van der Waals surface area contributed by atoms with Gasteiger partial charge in [-0.25, -0.2) is 13.2 Å². The molecule has 0 saturated heterocycles. The summed E-state index contributed by atoms with van der Waals surface area (Å²) in [6, 6.07) is 18.4. The second-order valence-electron chi connectivity index (χ2n) is 9.17. The number of hydrogen-bond acceptors (Lipinski definition) is 9. The maximum Gasteiger partial charge on any atom is 0.338 e. The van der Waals surface area contributed by atoms with Crippen LogP contribution in [0.1, 0.15) is 16.8 Å². The van der Waals surface area contributed by atoms with E-state index < -0.39 is 21.8 Å². The summed E-state index contributed by atoms with van der Waals surface area (Å²) in [7, 11) is -0.524. The number of nitrogens with zero attached hydrogens (tertiary/aromatic N) is 1. The Balaban J connectivity index is 1.71. The van der Waals surface area contributed by atoms with E-state index >= 15 is 0 Å². The van der Waals surface area contributed by atoms with E-state index in [0.29, 0.717) is 51.9 Å². The van der Waals surface area contributed by atoms with E-state index in [1.54, 1.807) is 66.7 Å². The van der Waals surface area contributed by atoms with E-state index in [0.717, 1.165) is 0 Å². The molecular weight excluding hydrogens is 498 g/mol. The number of hydrogen-bond donors (Lipinski definition) is 2. The molecule has 10 nitrogen and oxygen atoms in total. The van der Waals surface area contributed by atoms with Gasteiger partial charge < -0.3 is 34.7 Å². The van der Waals surface area contributed by atoms with Crippen LogP contribution in [-0.2, 0) is 14.9 Å². The number of rotatable bonds is 12. The minimum absolute atomic E-state index is 0.0904. The van der Waals surface area contributed by atoms with Gasteiger partial charge in [0, 0.05) is 29.6 Å². The molecule has 0 aliphatic carbocycles. The number of likely N-dealkylation sites (N-methyl/N-ethyl adjacent to an activating group) is 1. The van der Waals surface area contributed by atoms with Gasteiger partial charge in [0.2, 0.25) is 0 Å². The molecule has 0 unspecified atom stereocenters. The molecule has 0 aliphatic rings. The van der Waals surface area contributed by atoms with Gasteiger partial charge >= 0.3 is 5.97 Å². The van der Waals surface area contributed by atoms with Gasteiger partial charge in [0.05, 0.1) is 36.3 Å². The molecule has 0 atom stereocenters. The van der Waals surface area contributed by atoms with Crippen molar-refractivity contribution in [2.45, 2.75) is 6.42 Å². The number of ether oxygens (including phenoxy) is 3. The van der Waals surface area contributed by atoms with Gasteiger partial charge in [0.25, 0.3) is 0 Å². The lowest BCUT2D eigenvalue weighted by Gasteiger charge is -2.29. The number of quaternary nitrogens is 1. The number of benzene rings is 3. The third kappa shape index (κ3) is 9.64. The van der Waals surface area contributed by atoms with Crippen molar-refractivity contribution in [2.24, 2.45) is 0 Å². The summed E-state index contributed by atoms with van der Waals surface area (Å²) in [6.45, 7) is 0.970. The molecule has 0 amide bonds. The number of nitrogen functional groups attached to an aromatic ring is 2. The van der Waals surface area contributed by atoms with Crippen LogP contribution in [0.15, 0.2) is 66.7 Å². The van der Waals surface area contributed by atoms with Crippen molar-refractivity contribution in [3.63, 3.8) is 0 Å². The maximum absolute atomic E-state index is 12.9. The van der Waals surface area contributed by atoms with Gasteiger partial charge in [-0.05, 0) is 60.7 Å².